The van der Waals surface area contributed by atoms with E-state index in [2.05, 4.69) is 23.3 Å². The van der Waals surface area contributed by atoms with Gasteiger partial charge >= 0.3 is 0 Å². The van der Waals surface area contributed by atoms with Crippen molar-refractivity contribution in [3.63, 3.8) is 0 Å². The number of ether oxygens (including phenoxy) is 1. The van der Waals surface area contributed by atoms with Crippen LogP contribution in [0.25, 0.3) is 0 Å². The fourth-order valence-corrected chi connectivity index (χ4v) is 1.07. The molecule has 0 spiro atoms. The van der Waals surface area contributed by atoms with Crippen molar-refractivity contribution in [1.29, 1.82) is 0 Å². The molecule has 0 saturated carbocycles. The minimum absolute atomic E-state index is 0.489. The molecular formula is C11H13O2. The summed E-state index contributed by atoms with van der Waals surface area (Å²) in [6, 6.07) is 10.1. The first-order chi connectivity index (χ1) is 6.43. The third-order valence-corrected chi connectivity index (χ3v) is 1.71. The zero-order chi connectivity index (χ0) is 9.36. The zero-order valence-electron chi connectivity index (χ0n) is 7.48. The number of benzene rings is 1. The highest BCUT2D eigenvalue weighted by Crippen LogP contribution is 2.06. The molecule has 0 bridgehead atoms. The first-order valence-corrected chi connectivity index (χ1v) is 4.37. The molecule has 69 valence electrons. The molecule has 0 aliphatic carbocycles. The summed E-state index contributed by atoms with van der Waals surface area (Å²) in [4.78, 5) is 9.81. The van der Waals surface area contributed by atoms with Gasteiger partial charge in [0, 0.05) is 0 Å². The highest BCUT2D eigenvalue weighted by molar-refractivity contribution is 5.36. The third kappa shape index (κ3) is 4.31. The molecule has 0 aliphatic heterocycles. The van der Waals surface area contributed by atoms with E-state index in [0.717, 1.165) is 12.8 Å². The SMILES string of the molecule is O=COCCC[CH]c1ccccc1. The molecule has 0 saturated heterocycles. The molecule has 0 unspecified atom stereocenters. The summed E-state index contributed by atoms with van der Waals surface area (Å²) in [5.41, 5.74) is 1.22. The molecule has 1 radical (unpaired) electrons. The Hall–Kier alpha value is -1.31. The van der Waals surface area contributed by atoms with E-state index in [1.54, 1.807) is 0 Å². The maximum absolute atomic E-state index is 9.81. The Kier molecular flexibility index (Phi) is 4.69. The summed E-state index contributed by atoms with van der Waals surface area (Å²) in [6.45, 7) is 0.995. The molecule has 2 nitrogen and oxygen atoms in total. The number of hydrogen-bond acceptors (Lipinski definition) is 2. The predicted molar refractivity (Wildman–Crippen MR) is 51.1 cm³/mol. The molecule has 1 aromatic rings. The van der Waals surface area contributed by atoms with E-state index < -0.39 is 0 Å². The summed E-state index contributed by atoms with van der Waals surface area (Å²) in [5.74, 6) is 0. The average molecular weight is 177 g/mol. The summed E-state index contributed by atoms with van der Waals surface area (Å²) in [6.07, 6.45) is 3.96. The lowest BCUT2D eigenvalue weighted by atomic mass is 10.1. The Balaban J connectivity index is 2.10. The molecule has 0 heterocycles. The average Bonchev–Trinajstić information content (AvgIpc) is 2.19. The molecule has 1 rings (SSSR count). The van der Waals surface area contributed by atoms with Crippen molar-refractivity contribution in [3.05, 3.63) is 42.3 Å². The van der Waals surface area contributed by atoms with Gasteiger partial charge in [-0.25, -0.2) is 0 Å². The van der Waals surface area contributed by atoms with E-state index in [1.807, 2.05) is 18.2 Å². The van der Waals surface area contributed by atoms with E-state index in [0.29, 0.717) is 13.1 Å². The standard InChI is InChI=1S/C11H13O2/c12-10-13-9-5-4-8-11-6-2-1-3-7-11/h1-3,6-8,10H,4-5,9H2. The van der Waals surface area contributed by atoms with Gasteiger partial charge in [-0.3, -0.25) is 4.79 Å². The van der Waals surface area contributed by atoms with Crippen molar-refractivity contribution >= 4 is 6.47 Å². The van der Waals surface area contributed by atoms with E-state index in [4.69, 9.17) is 0 Å². The number of unbranched alkanes of at least 4 members (excludes halogenated alkanes) is 1. The topological polar surface area (TPSA) is 26.3 Å². The molecule has 0 aromatic heterocycles. The van der Waals surface area contributed by atoms with Crippen molar-refractivity contribution in [2.24, 2.45) is 0 Å². The molecule has 0 amide bonds. The second kappa shape index (κ2) is 6.23. The van der Waals surface area contributed by atoms with Gasteiger partial charge in [-0.1, -0.05) is 30.3 Å². The van der Waals surface area contributed by atoms with Crippen LogP contribution in [0.1, 0.15) is 18.4 Å². The van der Waals surface area contributed by atoms with Crippen molar-refractivity contribution in [2.75, 3.05) is 6.61 Å². The van der Waals surface area contributed by atoms with E-state index in [9.17, 15) is 4.79 Å². The summed E-state index contributed by atoms with van der Waals surface area (Å²) in [5, 5.41) is 0. The lowest BCUT2D eigenvalue weighted by Gasteiger charge is -1.99. The van der Waals surface area contributed by atoms with Gasteiger partial charge in [0.15, 0.2) is 0 Å². The zero-order valence-corrected chi connectivity index (χ0v) is 7.48. The highest BCUT2D eigenvalue weighted by Gasteiger charge is 1.92. The van der Waals surface area contributed by atoms with Crippen molar-refractivity contribution in [3.8, 4) is 0 Å². The molecule has 0 aliphatic rings. The van der Waals surface area contributed by atoms with Crippen LogP contribution in [0.15, 0.2) is 30.3 Å². The highest BCUT2D eigenvalue weighted by atomic mass is 16.5. The van der Waals surface area contributed by atoms with Crippen LogP contribution in [0.5, 0.6) is 0 Å². The van der Waals surface area contributed by atoms with Gasteiger partial charge in [-0.05, 0) is 24.8 Å². The second-order valence-corrected chi connectivity index (χ2v) is 2.72. The Morgan fingerprint density at radius 2 is 2.00 bits per heavy atom. The van der Waals surface area contributed by atoms with Crippen molar-refractivity contribution < 1.29 is 9.53 Å². The Bertz CT molecular complexity index is 231. The van der Waals surface area contributed by atoms with Crippen LogP contribution < -0.4 is 0 Å². The largest absolute Gasteiger partial charge is 0.468 e. The van der Waals surface area contributed by atoms with E-state index in [-0.39, 0.29) is 0 Å². The Labute approximate surface area is 78.5 Å². The minimum Gasteiger partial charge on any atom is -0.468 e. The van der Waals surface area contributed by atoms with Crippen LogP contribution in [0, 0.1) is 6.42 Å². The van der Waals surface area contributed by atoms with Gasteiger partial charge in [-0.2, -0.15) is 0 Å². The fraction of sp³-hybridized carbons (Fsp3) is 0.273. The van der Waals surface area contributed by atoms with Gasteiger partial charge in [-0.15, -0.1) is 0 Å². The summed E-state index contributed by atoms with van der Waals surface area (Å²) < 4.78 is 4.57. The Morgan fingerprint density at radius 1 is 1.23 bits per heavy atom. The number of carbonyl (C=O) groups is 1. The van der Waals surface area contributed by atoms with Gasteiger partial charge < -0.3 is 4.74 Å². The monoisotopic (exact) mass is 177 g/mol. The smallest absolute Gasteiger partial charge is 0.293 e. The predicted octanol–water partition coefficient (Wildman–Crippen LogP) is 2.19. The van der Waals surface area contributed by atoms with Crippen LogP contribution in [0.2, 0.25) is 0 Å². The first kappa shape index (κ1) is 9.78. The normalized spacial score (nSPS) is 9.54. The van der Waals surface area contributed by atoms with Gasteiger partial charge in [0.25, 0.3) is 6.47 Å². The molecule has 13 heavy (non-hydrogen) atoms. The molecular weight excluding hydrogens is 164 g/mol. The van der Waals surface area contributed by atoms with Gasteiger partial charge in [0.1, 0.15) is 0 Å². The lowest BCUT2D eigenvalue weighted by Crippen LogP contribution is -1.91. The molecule has 0 fully saturated rings. The fourth-order valence-electron chi connectivity index (χ4n) is 1.07. The first-order valence-electron chi connectivity index (χ1n) is 4.37. The number of carbonyl (C=O) groups excluding carboxylic acids is 1. The second-order valence-electron chi connectivity index (χ2n) is 2.72. The molecule has 0 N–H and O–H groups in total. The van der Waals surface area contributed by atoms with E-state index >= 15 is 0 Å². The molecule has 0 atom stereocenters. The maximum atomic E-state index is 9.81. The van der Waals surface area contributed by atoms with Crippen molar-refractivity contribution in [2.45, 2.75) is 12.8 Å². The number of rotatable bonds is 6. The Morgan fingerprint density at radius 3 is 2.69 bits per heavy atom. The summed E-state index contributed by atoms with van der Waals surface area (Å²) in [7, 11) is 0. The third-order valence-electron chi connectivity index (χ3n) is 1.71. The van der Waals surface area contributed by atoms with Crippen LogP contribution in [-0.4, -0.2) is 13.1 Å². The van der Waals surface area contributed by atoms with Crippen LogP contribution in [0.3, 0.4) is 0 Å². The lowest BCUT2D eigenvalue weighted by molar-refractivity contribution is -0.128. The maximum Gasteiger partial charge on any atom is 0.293 e. The van der Waals surface area contributed by atoms with Crippen molar-refractivity contribution in [1.82, 2.24) is 0 Å². The van der Waals surface area contributed by atoms with Crippen LogP contribution in [-0.2, 0) is 9.53 Å². The quantitative estimate of drug-likeness (QED) is 0.492. The molecule has 1 aromatic carbocycles. The van der Waals surface area contributed by atoms with Crippen LogP contribution in [0.4, 0.5) is 0 Å². The summed E-state index contributed by atoms with van der Waals surface area (Å²) >= 11 is 0. The number of hydrogen-bond donors (Lipinski definition) is 0. The van der Waals surface area contributed by atoms with Gasteiger partial charge in [0.2, 0.25) is 0 Å². The van der Waals surface area contributed by atoms with Crippen LogP contribution >= 0.6 is 0 Å². The minimum atomic E-state index is 0.489. The van der Waals surface area contributed by atoms with E-state index in [1.165, 1.54) is 5.56 Å². The molecule has 2 heteroatoms. The van der Waals surface area contributed by atoms with Gasteiger partial charge in [0.05, 0.1) is 6.61 Å².